The van der Waals surface area contributed by atoms with Crippen molar-refractivity contribution in [2.24, 2.45) is 5.92 Å². The van der Waals surface area contributed by atoms with E-state index in [1.54, 1.807) is 4.90 Å². The minimum absolute atomic E-state index is 0.00610. The molecule has 0 aromatic carbocycles. The quantitative estimate of drug-likeness (QED) is 0.757. The van der Waals surface area contributed by atoms with E-state index in [9.17, 15) is 14.4 Å². The highest BCUT2D eigenvalue weighted by Gasteiger charge is 2.35. The minimum Gasteiger partial charge on any atom is -0.344 e. The summed E-state index contributed by atoms with van der Waals surface area (Å²) in [6.45, 7) is 2.43. The fourth-order valence-electron chi connectivity index (χ4n) is 3.08. The van der Waals surface area contributed by atoms with E-state index in [2.05, 4.69) is 5.32 Å². The molecule has 20 heavy (non-hydrogen) atoms. The Morgan fingerprint density at radius 1 is 0.950 bits per heavy atom. The second kappa shape index (κ2) is 5.42. The molecule has 0 spiro atoms. The molecule has 6 nitrogen and oxygen atoms in total. The summed E-state index contributed by atoms with van der Waals surface area (Å²) in [6, 6.07) is -0.351. The molecule has 1 N–H and O–H groups in total. The Morgan fingerprint density at radius 2 is 1.55 bits per heavy atom. The first-order valence-corrected chi connectivity index (χ1v) is 7.52. The van der Waals surface area contributed by atoms with Crippen LogP contribution in [0.25, 0.3) is 0 Å². The maximum absolute atomic E-state index is 12.2. The molecule has 0 aromatic heterocycles. The molecule has 1 atom stereocenters. The topological polar surface area (TPSA) is 69.7 Å². The summed E-state index contributed by atoms with van der Waals surface area (Å²) in [5.41, 5.74) is 0. The maximum atomic E-state index is 12.2. The molecule has 110 valence electrons. The normalized spacial score (nSPS) is 27.2. The molecule has 2 aliphatic heterocycles. The van der Waals surface area contributed by atoms with Gasteiger partial charge >= 0.3 is 0 Å². The summed E-state index contributed by atoms with van der Waals surface area (Å²) in [7, 11) is 0. The lowest BCUT2D eigenvalue weighted by atomic mass is 9.84. The summed E-state index contributed by atoms with van der Waals surface area (Å²) in [4.78, 5) is 39.2. The van der Waals surface area contributed by atoms with Crippen LogP contribution >= 0.6 is 0 Å². The number of rotatable bonds is 2. The van der Waals surface area contributed by atoms with E-state index in [1.807, 2.05) is 4.90 Å². The molecule has 3 amide bonds. The molecule has 0 bridgehead atoms. The highest BCUT2D eigenvalue weighted by molar-refractivity contribution is 5.91. The van der Waals surface area contributed by atoms with E-state index in [0.29, 0.717) is 39.0 Å². The number of nitrogens with one attached hydrogen (secondary N) is 1. The third-order valence-electron chi connectivity index (χ3n) is 4.65. The van der Waals surface area contributed by atoms with Gasteiger partial charge in [0.15, 0.2) is 0 Å². The van der Waals surface area contributed by atoms with Crippen LogP contribution in [0, 0.1) is 5.92 Å². The van der Waals surface area contributed by atoms with Gasteiger partial charge in [0, 0.05) is 38.5 Å². The highest BCUT2D eigenvalue weighted by Crippen LogP contribution is 2.28. The molecular weight excluding hydrogens is 258 g/mol. The number of amides is 3. The third kappa shape index (κ3) is 2.51. The number of piperazine rings is 1. The van der Waals surface area contributed by atoms with E-state index in [1.165, 1.54) is 0 Å². The van der Waals surface area contributed by atoms with Gasteiger partial charge in [0.1, 0.15) is 6.04 Å². The van der Waals surface area contributed by atoms with Crippen molar-refractivity contribution in [3.05, 3.63) is 0 Å². The predicted octanol–water partition coefficient (Wildman–Crippen LogP) is -0.264. The van der Waals surface area contributed by atoms with Gasteiger partial charge in [-0.3, -0.25) is 14.4 Å². The average Bonchev–Trinajstić information content (AvgIpc) is 2.83. The van der Waals surface area contributed by atoms with Gasteiger partial charge in [-0.2, -0.15) is 0 Å². The Balaban J connectivity index is 1.49. The molecule has 1 unspecified atom stereocenters. The van der Waals surface area contributed by atoms with Gasteiger partial charge < -0.3 is 15.1 Å². The first-order valence-electron chi connectivity index (χ1n) is 7.52. The van der Waals surface area contributed by atoms with Crippen molar-refractivity contribution in [2.45, 2.75) is 38.1 Å². The number of hydrogen-bond donors (Lipinski definition) is 1. The van der Waals surface area contributed by atoms with Crippen LogP contribution in [0.15, 0.2) is 0 Å². The van der Waals surface area contributed by atoms with Crippen LogP contribution in [0.5, 0.6) is 0 Å². The van der Waals surface area contributed by atoms with Crippen LogP contribution in [0.4, 0.5) is 0 Å². The SMILES string of the molecule is O=C1CCC(C(=O)N2CCN(C(=O)C3CCC3)CC2)N1. The molecule has 6 heteroatoms. The molecule has 1 aliphatic carbocycles. The number of carbonyl (C=O) groups excluding carboxylic acids is 3. The number of nitrogens with zero attached hydrogens (tertiary/aromatic N) is 2. The fourth-order valence-corrected chi connectivity index (χ4v) is 3.08. The van der Waals surface area contributed by atoms with Gasteiger partial charge in [-0.25, -0.2) is 0 Å². The third-order valence-corrected chi connectivity index (χ3v) is 4.65. The predicted molar refractivity (Wildman–Crippen MR) is 71.7 cm³/mol. The Bertz CT molecular complexity index is 425. The van der Waals surface area contributed by atoms with Crippen LogP contribution in [0.2, 0.25) is 0 Å². The van der Waals surface area contributed by atoms with Gasteiger partial charge in [0.2, 0.25) is 17.7 Å². The molecule has 0 radical (unpaired) electrons. The minimum atomic E-state index is -0.351. The standard InChI is InChI=1S/C14H21N3O3/c18-12-5-4-11(15-12)14(20)17-8-6-16(7-9-17)13(19)10-2-1-3-10/h10-11H,1-9H2,(H,15,18). The molecule has 2 saturated heterocycles. The van der Waals surface area contributed by atoms with Crippen LogP contribution in [0.1, 0.15) is 32.1 Å². The summed E-state index contributed by atoms with van der Waals surface area (Å²) in [6.07, 6.45) is 4.24. The largest absolute Gasteiger partial charge is 0.344 e. The van der Waals surface area contributed by atoms with Crippen LogP contribution in [-0.2, 0) is 14.4 Å². The van der Waals surface area contributed by atoms with E-state index in [4.69, 9.17) is 0 Å². The lowest BCUT2D eigenvalue weighted by Gasteiger charge is -2.38. The molecular formula is C14H21N3O3. The monoisotopic (exact) mass is 279 g/mol. The molecule has 0 aromatic rings. The van der Waals surface area contributed by atoms with E-state index >= 15 is 0 Å². The zero-order valence-electron chi connectivity index (χ0n) is 11.6. The Morgan fingerprint density at radius 3 is 2.00 bits per heavy atom. The van der Waals surface area contributed by atoms with E-state index in [0.717, 1.165) is 19.3 Å². The fraction of sp³-hybridized carbons (Fsp3) is 0.786. The lowest BCUT2D eigenvalue weighted by Crippen LogP contribution is -2.55. The van der Waals surface area contributed by atoms with Crippen molar-refractivity contribution in [1.29, 1.82) is 0 Å². The van der Waals surface area contributed by atoms with Crippen molar-refractivity contribution in [1.82, 2.24) is 15.1 Å². The van der Waals surface area contributed by atoms with Crippen LogP contribution < -0.4 is 5.32 Å². The molecule has 3 fully saturated rings. The second-order valence-electron chi connectivity index (χ2n) is 5.94. The van der Waals surface area contributed by atoms with Crippen molar-refractivity contribution in [2.75, 3.05) is 26.2 Å². The van der Waals surface area contributed by atoms with E-state index < -0.39 is 0 Å². The lowest BCUT2D eigenvalue weighted by molar-refractivity contribution is -0.144. The molecule has 1 saturated carbocycles. The Labute approximate surface area is 118 Å². The van der Waals surface area contributed by atoms with E-state index in [-0.39, 0.29) is 29.7 Å². The highest BCUT2D eigenvalue weighted by atomic mass is 16.2. The second-order valence-corrected chi connectivity index (χ2v) is 5.94. The molecule has 3 aliphatic rings. The summed E-state index contributed by atoms with van der Waals surface area (Å²) >= 11 is 0. The van der Waals surface area contributed by atoms with Crippen LogP contribution in [0.3, 0.4) is 0 Å². The van der Waals surface area contributed by atoms with Crippen molar-refractivity contribution >= 4 is 17.7 Å². The molecule has 3 rings (SSSR count). The van der Waals surface area contributed by atoms with Gasteiger partial charge in [-0.05, 0) is 19.3 Å². The first kappa shape index (κ1) is 13.4. The Hall–Kier alpha value is -1.59. The smallest absolute Gasteiger partial charge is 0.245 e. The van der Waals surface area contributed by atoms with Gasteiger partial charge in [-0.15, -0.1) is 0 Å². The van der Waals surface area contributed by atoms with Gasteiger partial charge in [0.05, 0.1) is 0 Å². The maximum Gasteiger partial charge on any atom is 0.245 e. The summed E-state index contributed by atoms with van der Waals surface area (Å²) in [5, 5.41) is 2.71. The number of hydrogen-bond acceptors (Lipinski definition) is 3. The van der Waals surface area contributed by atoms with Crippen molar-refractivity contribution < 1.29 is 14.4 Å². The molecule has 2 heterocycles. The van der Waals surface area contributed by atoms with Crippen molar-refractivity contribution in [3.8, 4) is 0 Å². The average molecular weight is 279 g/mol. The zero-order valence-corrected chi connectivity index (χ0v) is 11.6. The zero-order chi connectivity index (χ0) is 14.1. The summed E-state index contributed by atoms with van der Waals surface area (Å²) < 4.78 is 0. The summed E-state index contributed by atoms with van der Waals surface area (Å²) in [5.74, 6) is 0.456. The van der Waals surface area contributed by atoms with Gasteiger partial charge in [-0.1, -0.05) is 6.42 Å². The van der Waals surface area contributed by atoms with Gasteiger partial charge in [0.25, 0.3) is 0 Å². The van der Waals surface area contributed by atoms with Crippen LogP contribution in [-0.4, -0.2) is 59.7 Å². The Kier molecular flexibility index (Phi) is 3.63. The van der Waals surface area contributed by atoms with Crippen molar-refractivity contribution in [3.63, 3.8) is 0 Å². The first-order chi connectivity index (χ1) is 9.65. The number of carbonyl (C=O) groups is 3.